The van der Waals surface area contributed by atoms with Crippen molar-refractivity contribution in [1.29, 1.82) is 0 Å². The number of nitrogen functional groups attached to an aromatic ring is 1. The van der Waals surface area contributed by atoms with Crippen LogP contribution in [-0.4, -0.2) is 13.3 Å². The number of para-hydroxylation sites is 1. The number of nitrogens with two attached hydrogens (primary N) is 1. The van der Waals surface area contributed by atoms with Crippen molar-refractivity contribution < 1.29 is 43.1 Å². The van der Waals surface area contributed by atoms with Crippen molar-refractivity contribution in [3.63, 3.8) is 0 Å². The Balaban J connectivity index is 0.00000267. The van der Waals surface area contributed by atoms with Crippen LogP contribution in [-0.2, 0) is 13.1 Å². The molecule has 4 rings (SSSR count). The topological polar surface area (TPSA) is 74.1 Å². The molecule has 2 aromatic carbocycles. The second-order valence-corrected chi connectivity index (χ2v) is 8.97. The highest BCUT2D eigenvalue weighted by atomic mass is 79.9. The molecule has 0 atom stereocenters. The van der Waals surface area contributed by atoms with E-state index >= 15 is 0 Å². The zero-order valence-electron chi connectivity index (χ0n) is 22.2. The summed E-state index contributed by atoms with van der Waals surface area (Å²) in [6, 6.07) is 25.7. The summed E-state index contributed by atoms with van der Waals surface area (Å²) in [7, 11) is 1.96. The van der Waals surface area contributed by atoms with E-state index in [0.717, 1.165) is 47.8 Å². The van der Waals surface area contributed by atoms with E-state index in [2.05, 4.69) is 61.4 Å². The lowest BCUT2D eigenvalue weighted by Crippen LogP contribution is -3.00. The first-order chi connectivity index (χ1) is 18.2. The predicted molar refractivity (Wildman–Crippen MR) is 149 cm³/mol. The fourth-order valence-electron chi connectivity index (χ4n) is 3.83. The Bertz CT molecular complexity index is 1280. The number of aromatic nitrogens is 2. The zero-order valence-corrected chi connectivity index (χ0v) is 25.3. The average molecular weight is 653 g/mol. The van der Waals surface area contributed by atoms with E-state index in [1.54, 1.807) is 0 Å². The Morgan fingerprint density at radius 1 is 0.667 bits per heavy atom. The van der Waals surface area contributed by atoms with Gasteiger partial charge in [-0.1, -0.05) is 18.2 Å². The first-order valence-electron chi connectivity index (χ1n) is 12.7. The summed E-state index contributed by atoms with van der Waals surface area (Å²) in [6.45, 7) is 2.04. The van der Waals surface area contributed by atoms with Crippen molar-refractivity contribution in [2.45, 2.75) is 38.8 Å². The molecule has 0 amide bonds. The van der Waals surface area contributed by atoms with E-state index in [-0.39, 0.29) is 34.0 Å². The van der Waals surface area contributed by atoms with Crippen LogP contribution in [0.4, 0.5) is 22.7 Å². The number of aryl methyl sites for hydroxylation is 2. The fraction of sp³-hybridized carbons (Fsp3) is 0.233. The van der Waals surface area contributed by atoms with E-state index in [0.29, 0.717) is 0 Å². The molecule has 2 aromatic heterocycles. The van der Waals surface area contributed by atoms with Crippen LogP contribution in [0, 0.1) is 0 Å². The Morgan fingerprint density at radius 2 is 1.18 bits per heavy atom. The number of unbranched alkanes of at least 4 members (excludes halogenated alkanes) is 3. The maximum Gasteiger partial charge on any atom is 0.171 e. The molecule has 0 saturated heterocycles. The molecule has 0 aliphatic carbocycles. The number of benzene rings is 2. The molecule has 0 aliphatic heterocycles. The second-order valence-electron chi connectivity index (χ2n) is 8.97. The average Bonchev–Trinajstić information content (AvgIpc) is 2.95. The van der Waals surface area contributed by atoms with Gasteiger partial charge in [-0.2, -0.15) is 15.3 Å². The lowest BCUT2D eigenvalue weighted by Gasteiger charge is -2.11. The summed E-state index contributed by atoms with van der Waals surface area (Å²) >= 11 is 0. The van der Waals surface area contributed by atoms with Crippen LogP contribution < -0.4 is 53.8 Å². The van der Waals surface area contributed by atoms with E-state index in [9.17, 15) is 0 Å². The Morgan fingerprint density at radius 3 is 1.74 bits per heavy atom. The second kappa shape index (κ2) is 17.2. The van der Waals surface area contributed by atoms with Crippen molar-refractivity contribution in [1.82, 2.24) is 0 Å². The van der Waals surface area contributed by atoms with Gasteiger partial charge in [0.2, 0.25) is 0 Å². The van der Waals surface area contributed by atoms with Gasteiger partial charge in [0.1, 0.15) is 13.1 Å². The minimum atomic E-state index is 0. The van der Waals surface area contributed by atoms with Crippen molar-refractivity contribution in [3.05, 3.63) is 109 Å². The molecule has 2 N–H and O–H groups in total. The van der Waals surface area contributed by atoms with Gasteiger partial charge in [-0.3, -0.25) is 5.01 Å². The molecule has 0 unspecified atom stereocenters. The van der Waals surface area contributed by atoms with Gasteiger partial charge in [-0.25, -0.2) is 9.13 Å². The van der Waals surface area contributed by atoms with Crippen LogP contribution in [0.15, 0.2) is 119 Å². The van der Waals surface area contributed by atoms with Crippen molar-refractivity contribution in [2.24, 2.45) is 15.3 Å². The van der Waals surface area contributed by atoms with Gasteiger partial charge >= 0.3 is 0 Å². The van der Waals surface area contributed by atoms with E-state index in [4.69, 9.17) is 5.73 Å². The van der Waals surface area contributed by atoms with Gasteiger partial charge in [0.15, 0.2) is 24.8 Å². The number of hydrazone groups is 1. The smallest absolute Gasteiger partial charge is 0.171 e. The summed E-state index contributed by atoms with van der Waals surface area (Å²) in [6.07, 6.45) is 15.0. The third-order valence-electron chi connectivity index (χ3n) is 6.06. The molecular formula is C30H35Br2N7. The summed E-state index contributed by atoms with van der Waals surface area (Å²) in [5.41, 5.74) is 10.2. The highest BCUT2D eigenvalue weighted by molar-refractivity contribution is 5.79. The molecule has 7 nitrogen and oxygen atoms in total. The number of halogens is 2. The quantitative estimate of drug-likeness (QED) is 0.0585. The van der Waals surface area contributed by atoms with Crippen LogP contribution >= 0.6 is 0 Å². The first-order valence-corrected chi connectivity index (χ1v) is 12.7. The molecule has 9 heteroatoms. The first kappa shape index (κ1) is 31.8. The van der Waals surface area contributed by atoms with Gasteiger partial charge in [0.05, 0.1) is 23.3 Å². The number of anilines is 2. The van der Waals surface area contributed by atoms with Gasteiger partial charge in [0.25, 0.3) is 0 Å². The van der Waals surface area contributed by atoms with Gasteiger partial charge < -0.3 is 39.7 Å². The van der Waals surface area contributed by atoms with Crippen LogP contribution in [0.3, 0.4) is 0 Å². The number of pyridine rings is 2. The van der Waals surface area contributed by atoms with E-state index in [1.807, 2.05) is 85.0 Å². The third-order valence-corrected chi connectivity index (χ3v) is 6.06. The zero-order chi connectivity index (χ0) is 25.7. The number of hydrogen-bond donors (Lipinski definition) is 1. The highest BCUT2D eigenvalue weighted by Gasteiger charge is 2.04. The number of hydrogen-bond acceptors (Lipinski definition) is 5. The van der Waals surface area contributed by atoms with Crippen LogP contribution in [0.25, 0.3) is 0 Å². The summed E-state index contributed by atoms with van der Waals surface area (Å²) in [4.78, 5) is 0. The molecule has 0 bridgehead atoms. The molecule has 0 radical (unpaired) electrons. The minimum Gasteiger partial charge on any atom is -1.00 e. The minimum absolute atomic E-state index is 0. The fourth-order valence-corrected chi connectivity index (χ4v) is 3.83. The van der Waals surface area contributed by atoms with Crippen LogP contribution in [0.1, 0.15) is 31.2 Å². The summed E-state index contributed by atoms with van der Waals surface area (Å²) in [5.74, 6) is 0. The van der Waals surface area contributed by atoms with Crippen molar-refractivity contribution in [2.75, 3.05) is 17.8 Å². The summed E-state index contributed by atoms with van der Waals surface area (Å²) < 4.78 is 4.44. The molecule has 0 saturated carbocycles. The largest absolute Gasteiger partial charge is 1.00 e. The van der Waals surface area contributed by atoms with Crippen LogP contribution in [0.5, 0.6) is 0 Å². The third kappa shape index (κ3) is 11.1. The molecule has 2 heterocycles. The maximum atomic E-state index is 5.70. The van der Waals surface area contributed by atoms with E-state index in [1.165, 1.54) is 19.3 Å². The van der Waals surface area contributed by atoms with Crippen molar-refractivity contribution in [3.8, 4) is 0 Å². The molecule has 0 fully saturated rings. The lowest BCUT2D eigenvalue weighted by molar-refractivity contribution is -0.698. The Hall–Kier alpha value is -3.43. The molecule has 0 spiro atoms. The van der Waals surface area contributed by atoms with Gasteiger partial charge in [0, 0.05) is 55.4 Å². The molecule has 4 aromatic rings. The van der Waals surface area contributed by atoms with Gasteiger partial charge in [-0.15, -0.1) is 0 Å². The molecular weight excluding hydrogens is 618 g/mol. The van der Waals surface area contributed by atoms with Crippen molar-refractivity contribution >= 4 is 29.0 Å². The maximum absolute atomic E-state index is 5.70. The molecule has 39 heavy (non-hydrogen) atoms. The number of nitrogens with zero attached hydrogens (tertiary/aromatic N) is 6. The lowest BCUT2D eigenvalue weighted by atomic mass is 10.2. The normalized spacial score (nSPS) is 10.8. The van der Waals surface area contributed by atoms with E-state index < -0.39 is 0 Å². The number of rotatable bonds is 12. The Labute approximate surface area is 252 Å². The monoisotopic (exact) mass is 651 g/mol. The standard InChI is InChI=1S/C30H34N7.2BrH/c1-35(30-9-5-4-6-10-30)32-25-26-15-21-36(22-16-26)19-7-2-3-8-20-37-23-17-29(18-24-37)34-33-28-13-11-27(31)12-14-28;;/h4-6,9-18,21-25,31H,2-3,7-8,19-20H2,1H3;2*1H/q+1;;/p-1. The predicted octanol–water partition coefficient (Wildman–Crippen LogP) is -0.00190. The Kier molecular flexibility index (Phi) is 14.0. The highest BCUT2D eigenvalue weighted by Crippen LogP contribution is 2.18. The van der Waals surface area contributed by atoms with Crippen LogP contribution in [0.2, 0.25) is 0 Å². The SMILES string of the molecule is CN(/N=C\c1cc[n+](CCCCCC[n+]2ccc(N=Nc3ccc(N)cc3)cc2)cc1)c1ccccc1.[Br-].[Br-]. The van der Waals surface area contributed by atoms with Gasteiger partial charge in [-0.05, 0) is 49.2 Å². The molecule has 0 aliphatic rings. The summed E-state index contributed by atoms with van der Waals surface area (Å²) in [5, 5.41) is 14.9. The number of azo groups is 1. The molecule has 204 valence electrons.